The van der Waals surface area contributed by atoms with Crippen LogP contribution in [0, 0.1) is 5.82 Å². The zero-order valence-corrected chi connectivity index (χ0v) is 22.7. The number of aliphatic hydroxyl groups excluding tert-OH is 1. The molecule has 2 fully saturated rings. The molecule has 3 aromatic rings. The molecule has 2 aromatic heterocycles. The average Bonchev–Trinajstić information content (AvgIpc) is 3.53. The fourth-order valence-corrected chi connectivity index (χ4v) is 8.93. The number of nitrogens with one attached hydrogen (secondary N) is 1. The van der Waals surface area contributed by atoms with E-state index in [1.165, 1.54) is 0 Å². The van der Waals surface area contributed by atoms with Gasteiger partial charge in [0, 0.05) is 13.1 Å². The summed E-state index contributed by atoms with van der Waals surface area (Å²) in [7, 11) is 0. The number of β-amino-alcohol motifs (C(OH)–C–C–N with tert-alkyl or cyclic N) is 1. The molecule has 10 heteroatoms. The number of fused-ring (bicyclic) bond motifs is 1. The molecule has 2 aliphatic heterocycles. The van der Waals surface area contributed by atoms with Crippen LogP contribution in [0.3, 0.4) is 0 Å². The van der Waals surface area contributed by atoms with Gasteiger partial charge >= 0.3 is 172 Å². The molecule has 0 bridgehead atoms. The zero-order chi connectivity index (χ0) is 24.0. The number of hydrogen-bond donors (Lipinski definition) is 2. The Balaban J connectivity index is 1.43. The third kappa shape index (κ3) is 4.47. The predicted octanol–water partition coefficient (Wildman–Crippen LogP) is 3.35. The van der Waals surface area contributed by atoms with Gasteiger partial charge in [0.15, 0.2) is 0 Å². The van der Waals surface area contributed by atoms with Gasteiger partial charge in [0.2, 0.25) is 0 Å². The van der Waals surface area contributed by atoms with Crippen molar-refractivity contribution >= 4 is 45.1 Å². The van der Waals surface area contributed by atoms with Crippen molar-refractivity contribution in [3.05, 3.63) is 48.0 Å². The molecule has 2 saturated heterocycles. The van der Waals surface area contributed by atoms with Gasteiger partial charge in [-0.05, 0) is 6.42 Å². The third-order valence-electron chi connectivity index (χ3n) is 6.78. The molecule has 2 atom stereocenters. The first kappa shape index (κ1) is 23.3. The van der Waals surface area contributed by atoms with E-state index in [1.54, 1.807) is 21.7 Å². The van der Waals surface area contributed by atoms with Crippen molar-refractivity contribution in [1.29, 1.82) is 0 Å². The van der Waals surface area contributed by atoms with E-state index < -0.39 is 24.5 Å². The number of carbonyl (C=O) groups excluding carboxylic acids is 1. The first-order chi connectivity index (χ1) is 16.2. The van der Waals surface area contributed by atoms with Crippen LogP contribution in [0.2, 0.25) is 14.8 Å². The summed E-state index contributed by atoms with van der Waals surface area (Å²) >= 11 is -2.59. The fraction of sp³-hybridized carbons (Fsp3) is 0.458. The van der Waals surface area contributed by atoms with Gasteiger partial charge in [0.25, 0.3) is 0 Å². The van der Waals surface area contributed by atoms with Gasteiger partial charge in [0.1, 0.15) is 0 Å². The number of benzene rings is 1. The van der Waals surface area contributed by atoms with E-state index in [4.69, 9.17) is 4.98 Å². The fourth-order valence-electron chi connectivity index (χ4n) is 4.94. The molecule has 180 valence electrons. The second-order valence-corrected chi connectivity index (χ2v) is 24.7. The molecule has 0 aliphatic carbocycles. The van der Waals surface area contributed by atoms with Crippen molar-refractivity contribution in [1.82, 2.24) is 19.5 Å². The standard InChI is InChI=1S/C21H22FN6O2.3CH3.Sn/c22-15-5-3-14(4-6-15)18-2-1-9-27(18)19-8-11-28-20(25-19)17(12-23-28)24-21(30)26-10-7-16(29)13-26;;;;/h3-5,8,11-12,16,18,29H,1-2,7,9-10,13H2,(H,24,30);3*1H3;/t16-,18+;;;;/m0..../s1. The second-order valence-electron chi connectivity index (χ2n) is 10.3. The van der Waals surface area contributed by atoms with Crippen LogP contribution in [0.5, 0.6) is 0 Å². The summed E-state index contributed by atoms with van der Waals surface area (Å²) in [6, 6.07) is 7.43. The van der Waals surface area contributed by atoms with Crippen LogP contribution < -0.4 is 13.8 Å². The van der Waals surface area contributed by atoms with Gasteiger partial charge in [-0.1, -0.05) is 0 Å². The summed E-state index contributed by atoms with van der Waals surface area (Å²) in [5.74, 6) is 0.731. The van der Waals surface area contributed by atoms with Crippen molar-refractivity contribution in [3.8, 4) is 0 Å². The van der Waals surface area contributed by atoms with Crippen molar-refractivity contribution in [2.45, 2.75) is 46.2 Å². The number of urea groups is 1. The Hall–Kier alpha value is -2.40. The van der Waals surface area contributed by atoms with Gasteiger partial charge in [-0.25, -0.2) is 0 Å². The summed E-state index contributed by atoms with van der Waals surface area (Å²) in [6.45, 7) is 1.72. The van der Waals surface area contributed by atoms with Crippen LogP contribution in [0.25, 0.3) is 5.65 Å². The Morgan fingerprint density at radius 3 is 2.76 bits per heavy atom. The Labute approximate surface area is 202 Å². The molecular formula is C24H31FN6O2Sn. The Bertz CT molecular complexity index is 1230. The SMILES string of the molecule is [CH3][Sn]([CH3])([CH3])[c]1cc([C@H]2CCCN2c2ccn3ncc(NC(=O)N4CC[C@H](O)C4)c3n2)ccc1F. The number of hydrogen-bond acceptors (Lipinski definition) is 5. The van der Waals surface area contributed by atoms with Crippen LogP contribution >= 0.6 is 0 Å². The number of amides is 2. The number of aliphatic hydroxyl groups is 1. The molecule has 34 heavy (non-hydrogen) atoms. The van der Waals surface area contributed by atoms with Gasteiger partial charge in [-0.15, -0.1) is 0 Å². The average molecular weight is 573 g/mol. The maximum absolute atomic E-state index is 14.6. The minimum atomic E-state index is -2.59. The molecule has 0 radical (unpaired) electrons. The molecular weight excluding hydrogens is 542 g/mol. The quantitative estimate of drug-likeness (QED) is 0.468. The molecule has 0 unspecified atom stereocenters. The Morgan fingerprint density at radius 2 is 2.03 bits per heavy atom. The van der Waals surface area contributed by atoms with Crippen LogP contribution in [-0.4, -0.2) is 74.8 Å². The van der Waals surface area contributed by atoms with E-state index in [1.807, 2.05) is 18.3 Å². The van der Waals surface area contributed by atoms with Gasteiger partial charge < -0.3 is 5.11 Å². The number of anilines is 2. The molecule has 5 rings (SSSR count). The number of likely N-dealkylation sites (tertiary alicyclic amines) is 1. The molecule has 4 heterocycles. The summed E-state index contributed by atoms with van der Waals surface area (Å²) in [4.78, 5) is 28.0. The maximum atomic E-state index is 14.6. The molecule has 2 aliphatic rings. The number of halogens is 1. The predicted molar refractivity (Wildman–Crippen MR) is 133 cm³/mol. The summed E-state index contributed by atoms with van der Waals surface area (Å²) in [5, 5.41) is 16.9. The van der Waals surface area contributed by atoms with E-state index in [2.05, 4.69) is 36.2 Å². The Kier molecular flexibility index (Phi) is 6.17. The van der Waals surface area contributed by atoms with Crippen LogP contribution in [0.1, 0.15) is 30.9 Å². The molecule has 2 amide bonds. The molecule has 0 saturated carbocycles. The van der Waals surface area contributed by atoms with Crippen LogP contribution in [0.15, 0.2) is 36.7 Å². The minimum absolute atomic E-state index is 0.0821. The van der Waals surface area contributed by atoms with E-state index >= 15 is 0 Å². The van der Waals surface area contributed by atoms with E-state index in [0.29, 0.717) is 30.8 Å². The van der Waals surface area contributed by atoms with Crippen molar-refractivity contribution in [3.63, 3.8) is 0 Å². The first-order valence-electron chi connectivity index (χ1n) is 11.9. The summed E-state index contributed by atoms with van der Waals surface area (Å²) < 4.78 is 17.1. The zero-order valence-electron chi connectivity index (χ0n) is 19.8. The number of aromatic nitrogens is 3. The van der Waals surface area contributed by atoms with Crippen molar-refractivity contribution in [2.75, 3.05) is 29.9 Å². The molecule has 0 spiro atoms. The van der Waals surface area contributed by atoms with Crippen molar-refractivity contribution < 1.29 is 14.3 Å². The monoisotopic (exact) mass is 574 g/mol. The molecule has 2 N–H and O–H groups in total. The van der Waals surface area contributed by atoms with E-state index in [0.717, 1.165) is 34.3 Å². The van der Waals surface area contributed by atoms with Crippen LogP contribution in [-0.2, 0) is 0 Å². The Morgan fingerprint density at radius 1 is 1.21 bits per heavy atom. The summed E-state index contributed by atoms with van der Waals surface area (Å²) in [6.07, 6.45) is 5.58. The first-order valence-corrected chi connectivity index (χ1v) is 21.8. The van der Waals surface area contributed by atoms with Gasteiger partial charge in [-0.3, -0.25) is 0 Å². The van der Waals surface area contributed by atoms with Crippen LogP contribution in [0.4, 0.5) is 20.7 Å². The molecule has 1 aromatic carbocycles. The van der Waals surface area contributed by atoms with E-state index in [-0.39, 0.29) is 17.9 Å². The number of rotatable bonds is 4. The van der Waals surface area contributed by atoms with Gasteiger partial charge in [-0.2, -0.15) is 0 Å². The van der Waals surface area contributed by atoms with Gasteiger partial charge in [0.05, 0.1) is 6.10 Å². The van der Waals surface area contributed by atoms with E-state index in [9.17, 15) is 14.3 Å². The topological polar surface area (TPSA) is 86.0 Å². The third-order valence-corrected chi connectivity index (χ3v) is 12.5. The summed E-state index contributed by atoms with van der Waals surface area (Å²) in [5.41, 5.74) is 2.24. The number of carbonyl (C=O) groups is 1. The van der Waals surface area contributed by atoms with Crippen molar-refractivity contribution in [2.24, 2.45) is 0 Å². The molecule has 8 nitrogen and oxygen atoms in total. The number of nitrogens with zero attached hydrogens (tertiary/aromatic N) is 5. The normalized spacial score (nSPS) is 21.0. The second kappa shape index (κ2) is 8.99.